The molecule has 5 nitrogen and oxygen atoms in total. The average Bonchev–Trinajstić information content (AvgIpc) is 3.03. The van der Waals surface area contributed by atoms with Gasteiger partial charge in [-0.25, -0.2) is 0 Å². The van der Waals surface area contributed by atoms with Crippen molar-refractivity contribution in [1.82, 2.24) is 15.5 Å². The summed E-state index contributed by atoms with van der Waals surface area (Å²) >= 11 is 1.86. The predicted octanol–water partition coefficient (Wildman–Crippen LogP) is 1.80. The van der Waals surface area contributed by atoms with Crippen molar-refractivity contribution < 1.29 is 9.26 Å². The van der Waals surface area contributed by atoms with Crippen LogP contribution in [0.25, 0.3) is 0 Å². The van der Waals surface area contributed by atoms with Crippen molar-refractivity contribution >= 4 is 11.8 Å². The fourth-order valence-corrected chi connectivity index (χ4v) is 2.68. The van der Waals surface area contributed by atoms with Crippen LogP contribution in [-0.4, -0.2) is 41.7 Å². The highest BCUT2D eigenvalue weighted by Crippen LogP contribution is 2.25. The topological polar surface area (TPSA) is 60.2 Å². The summed E-state index contributed by atoms with van der Waals surface area (Å²) in [6, 6.07) is 0.278. The minimum Gasteiger partial charge on any atom is -0.379 e. The normalized spacial score (nSPS) is 25.5. The van der Waals surface area contributed by atoms with Crippen molar-refractivity contribution in [3.63, 3.8) is 0 Å². The number of thioether (sulfide) groups is 1. The van der Waals surface area contributed by atoms with Gasteiger partial charge in [0, 0.05) is 11.3 Å². The van der Waals surface area contributed by atoms with Crippen LogP contribution in [0.3, 0.4) is 0 Å². The fourth-order valence-electron chi connectivity index (χ4n) is 1.89. The lowest BCUT2D eigenvalue weighted by molar-refractivity contribution is 0.185. The van der Waals surface area contributed by atoms with Gasteiger partial charge < -0.3 is 14.6 Å². The lowest BCUT2D eigenvalue weighted by atomic mass is 10.0. The maximum atomic E-state index is 5.44. The molecule has 1 fully saturated rings. The molecule has 18 heavy (non-hydrogen) atoms. The van der Waals surface area contributed by atoms with Crippen molar-refractivity contribution in [1.29, 1.82) is 0 Å². The van der Waals surface area contributed by atoms with Gasteiger partial charge in [0.05, 0.1) is 24.9 Å². The summed E-state index contributed by atoms with van der Waals surface area (Å²) in [6.07, 6.45) is 1.16. The third-order valence-corrected chi connectivity index (χ3v) is 4.65. The second kappa shape index (κ2) is 6.54. The second-order valence-corrected chi connectivity index (χ2v) is 6.04. The van der Waals surface area contributed by atoms with E-state index in [-0.39, 0.29) is 12.0 Å². The van der Waals surface area contributed by atoms with Crippen molar-refractivity contribution in [3.05, 3.63) is 11.7 Å². The Kier molecular flexibility index (Phi) is 5.03. The molecule has 0 radical (unpaired) electrons. The number of likely N-dealkylation sites (N-methyl/N-ethyl adjacent to an activating group) is 1. The molecule has 2 heterocycles. The summed E-state index contributed by atoms with van der Waals surface area (Å²) in [6.45, 7) is 5.77. The standard InChI is InChI=1S/C12H21N3O2S/c1-4-8(2)18-7-11-14-12(17-15-11)9-5-16-6-10(9)13-3/h8-10,13H,4-7H2,1-3H3. The quantitative estimate of drug-likeness (QED) is 0.851. The Morgan fingerprint density at radius 1 is 1.50 bits per heavy atom. The molecule has 1 aliphatic rings. The smallest absolute Gasteiger partial charge is 0.233 e. The monoisotopic (exact) mass is 271 g/mol. The van der Waals surface area contributed by atoms with E-state index in [1.165, 1.54) is 0 Å². The van der Waals surface area contributed by atoms with E-state index in [0.717, 1.165) is 18.0 Å². The molecule has 0 bridgehead atoms. The first-order chi connectivity index (χ1) is 8.74. The number of hydrogen-bond donors (Lipinski definition) is 1. The van der Waals surface area contributed by atoms with Gasteiger partial charge in [-0.05, 0) is 13.5 Å². The van der Waals surface area contributed by atoms with Gasteiger partial charge in [0.2, 0.25) is 5.89 Å². The molecule has 1 N–H and O–H groups in total. The molecule has 0 spiro atoms. The molecule has 3 unspecified atom stereocenters. The zero-order valence-electron chi connectivity index (χ0n) is 11.2. The van der Waals surface area contributed by atoms with Gasteiger partial charge in [0.15, 0.2) is 5.82 Å². The highest BCUT2D eigenvalue weighted by molar-refractivity contribution is 7.99. The lowest BCUT2D eigenvalue weighted by Gasteiger charge is -2.11. The van der Waals surface area contributed by atoms with Crippen LogP contribution < -0.4 is 5.32 Å². The molecule has 0 saturated carbocycles. The maximum Gasteiger partial charge on any atom is 0.233 e. The van der Waals surface area contributed by atoms with E-state index in [1.807, 2.05) is 18.8 Å². The highest BCUT2D eigenvalue weighted by Gasteiger charge is 2.32. The van der Waals surface area contributed by atoms with Gasteiger partial charge in [-0.3, -0.25) is 0 Å². The molecular weight excluding hydrogens is 250 g/mol. The SMILES string of the molecule is CCC(C)SCc1noc(C2COCC2NC)n1. The van der Waals surface area contributed by atoms with E-state index in [9.17, 15) is 0 Å². The van der Waals surface area contributed by atoms with Crippen molar-refractivity contribution in [2.45, 2.75) is 43.2 Å². The molecule has 0 amide bonds. The molecule has 1 aromatic rings. The van der Waals surface area contributed by atoms with Crippen LogP contribution >= 0.6 is 11.8 Å². The van der Waals surface area contributed by atoms with Crippen LogP contribution in [-0.2, 0) is 10.5 Å². The third-order valence-electron chi connectivity index (χ3n) is 3.32. The molecule has 1 saturated heterocycles. The van der Waals surface area contributed by atoms with Crippen molar-refractivity contribution in [2.75, 3.05) is 20.3 Å². The molecule has 2 rings (SSSR count). The second-order valence-electron chi connectivity index (χ2n) is 4.62. The van der Waals surface area contributed by atoms with E-state index in [0.29, 0.717) is 24.4 Å². The maximum absolute atomic E-state index is 5.44. The van der Waals surface area contributed by atoms with E-state index in [2.05, 4.69) is 29.3 Å². The van der Waals surface area contributed by atoms with Crippen molar-refractivity contribution in [2.24, 2.45) is 0 Å². The summed E-state index contributed by atoms with van der Waals surface area (Å²) in [5, 5.41) is 7.90. The molecule has 0 aliphatic carbocycles. The molecule has 102 valence electrons. The predicted molar refractivity (Wildman–Crippen MR) is 71.8 cm³/mol. The zero-order chi connectivity index (χ0) is 13.0. The first kappa shape index (κ1) is 13.8. The van der Waals surface area contributed by atoms with E-state index in [1.54, 1.807) is 0 Å². The van der Waals surface area contributed by atoms with E-state index >= 15 is 0 Å². The van der Waals surface area contributed by atoms with E-state index < -0.39 is 0 Å². The van der Waals surface area contributed by atoms with E-state index in [4.69, 9.17) is 9.26 Å². The molecule has 3 atom stereocenters. The third kappa shape index (κ3) is 3.24. The van der Waals surface area contributed by atoms with Gasteiger partial charge in [0.1, 0.15) is 0 Å². The largest absolute Gasteiger partial charge is 0.379 e. The van der Waals surface area contributed by atoms with Gasteiger partial charge in [-0.1, -0.05) is 19.0 Å². The van der Waals surface area contributed by atoms with Gasteiger partial charge in [0.25, 0.3) is 0 Å². The Morgan fingerprint density at radius 3 is 3.06 bits per heavy atom. The summed E-state index contributed by atoms with van der Waals surface area (Å²) in [5.74, 6) is 2.49. The van der Waals surface area contributed by atoms with Crippen LogP contribution in [0.2, 0.25) is 0 Å². The number of nitrogens with one attached hydrogen (secondary N) is 1. The summed E-state index contributed by atoms with van der Waals surface area (Å²) in [7, 11) is 1.93. The van der Waals surface area contributed by atoms with Crippen LogP contribution in [0, 0.1) is 0 Å². The average molecular weight is 271 g/mol. The number of rotatable bonds is 6. The van der Waals surface area contributed by atoms with Crippen LogP contribution in [0.15, 0.2) is 4.52 Å². The minimum atomic E-state index is 0.185. The van der Waals surface area contributed by atoms with Gasteiger partial charge >= 0.3 is 0 Å². The zero-order valence-corrected chi connectivity index (χ0v) is 12.0. The first-order valence-electron chi connectivity index (χ1n) is 6.43. The highest BCUT2D eigenvalue weighted by atomic mass is 32.2. The first-order valence-corrected chi connectivity index (χ1v) is 7.48. The molecule has 0 aromatic carbocycles. The number of hydrogen-bond acceptors (Lipinski definition) is 6. The van der Waals surface area contributed by atoms with Gasteiger partial charge in [-0.15, -0.1) is 0 Å². The Labute approximate surface area is 112 Å². The van der Waals surface area contributed by atoms with Gasteiger partial charge in [-0.2, -0.15) is 16.7 Å². The molecule has 1 aromatic heterocycles. The molecule has 6 heteroatoms. The summed E-state index contributed by atoms with van der Waals surface area (Å²) < 4.78 is 10.8. The summed E-state index contributed by atoms with van der Waals surface area (Å²) in [5.41, 5.74) is 0. The Bertz CT molecular complexity index is 372. The van der Waals surface area contributed by atoms with Crippen LogP contribution in [0.1, 0.15) is 37.9 Å². The number of ether oxygens (including phenoxy) is 1. The molecule has 1 aliphatic heterocycles. The Balaban J connectivity index is 1.93. The lowest BCUT2D eigenvalue weighted by Crippen LogP contribution is -2.31. The molecular formula is C12H21N3O2S. The Hall–Kier alpha value is -0.590. The number of aromatic nitrogens is 2. The van der Waals surface area contributed by atoms with Crippen LogP contribution in [0.4, 0.5) is 0 Å². The number of nitrogens with zero attached hydrogens (tertiary/aromatic N) is 2. The van der Waals surface area contributed by atoms with Crippen LogP contribution in [0.5, 0.6) is 0 Å². The fraction of sp³-hybridized carbons (Fsp3) is 0.833. The summed E-state index contributed by atoms with van der Waals surface area (Å²) in [4.78, 5) is 4.48. The Morgan fingerprint density at radius 2 is 2.33 bits per heavy atom. The minimum absolute atomic E-state index is 0.185. The van der Waals surface area contributed by atoms with Crippen molar-refractivity contribution in [3.8, 4) is 0 Å².